The molecule has 94 valence electrons. The van der Waals surface area contributed by atoms with Crippen LogP contribution in [0.4, 0.5) is 4.39 Å². The highest BCUT2D eigenvalue weighted by Crippen LogP contribution is 2.27. The first-order chi connectivity index (χ1) is 8.02. The molecule has 1 saturated heterocycles. The van der Waals surface area contributed by atoms with E-state index >= 15 is 0 Å². The minimum absolute atomic E-state index is 0.133. The smallest absolute Gasteiger partial charge is 0.330 e. The average molecular weight is 246 g/mol. The van der Waals surface area contributed by atoms with Gasteiger partial charge in [0.15, 0.2) is 6.23 Å². The molecule has 0 aromatic carbocycles. The topological polar surface area (TPSA) is 105 Å². The summed E-state index contributed by atoms with van der Waals surface area (Å²) in [6.07, 6.45) is -1.96. The molecule has 1 aromatic rings. The molecule has 17 heavy (non-hydrogen) atoms. The molecule has 1 fully saturated rings. The first-order valence-electron chi connectivity index (χ1n) is 4.98. The van der Waals surface area contributed by atoms with Crippen LogP contribution in [0, 0.1) is 5.82 Å². The van der Waals surface area contributed by atoms with Gasteiger partial charge in [0, 0.05) is 6.42 Å². The van der Waals surface area contributed by atoms with Crippen molar-refractivity contribution >= 4 is 0 Å². The Kier molecular flexibility index (Phi) is 3.09. The number of ether oxygens (including phenoxy) is 1. The van der Waals surface area contributed by atoms with E-state index in [-0.39, 0.29) is 13.0 Å². The van der Waals surface area contributed by atoms with Crippen molar-refractivity contribution in [2.24, 2.45) is 0 Å². The number of halogens is 1. The van der Waals surface area contributed by atoms with Gasteiger partial charge in [-0.25, -0.2) is 4.79 Å². The first kappa shape index (κ1) is 12.0. The van der Waals surface area contributed by atoms with Gasteiger partial charge in [-0.1, -0.05) is 0 Å². The van der Waals surface area contributed by atoms with Crippen LogP contribution in [0.5, 0.6) is 0 Å². The van der Waals surface area contributed by atoms with E-state index in [1.807, 2.05) is 0 Å². The number of hydrogen-bond donors (Lipinski definition) is 3. The van der Waals surface area contributed by atoms with Crippen molar-refractivity contribution < 1.29 is 19.3 Å². The van der Waals surface area contributed by atoms with E-state index in [1.165, 1.54) is 0 Å². The Morgan fingerprint density at radius 2 is 2.29 bits per heavy atom. The molecule has 8 heteroatoms. The molecular weight excluding hydrogens is 235 g/mol. The minimum atomic E-state index is -1.15. The van der Waals surface area contributed by atoms with E-state index in [0.29, 0.717) is 6.20 Å². The van der Waals surface area contributed by atoms with Crippen molar-refractivity contribution in [2.75, 3.05) is 6.61 Å². The number of aromatic nitrogens is 2. The van der Waals surface area contributed by atoms with Gasteiger partial charge in [-0.05, 0) is 0 Å². The van der Waals surface area contributed by atoms with Crippen LogP contribution in [-0.4, -0.2) is 38.6 Å². The molecule has 0 spiro atoms. The Bertz CT molecular complexity index is 525. The molecule has 1 aliphatic heterocycles. The monoisotopic (exact) mass is 246 g/mol. The highest BCUT2D eigenvalue weighted by molar-refractivity contribution is 4.91. The third-order valence-corrected chi connectivity index (χ3v) is 2.57. The number of hydrogen-bond acceptors (Lipinski definition) is 5. The van der Waals surface area contributed by atoms with Crippen molar-refractivity contribution in [2.45, 2.75) is 24.9 Å². The van der Waals surface area contributed by atoms with Crippen molar-refractivity contribution in [3.05, 3.63) is 32.9 Å². The number of rotatable bonds is 2. The van der Waals surface area contributed by atoms with E-state index in [4.69, 9.17) is 9.84 Å². The lowest BCUT2D eigenvalue weighted by Gasteiger charge is -2.16. The van der Waals surface area contributed by atoms with Crippen LogP contribution in [-0.2, 0) is 4.74 Å². The summed E-state index contributed by atoms with van der Waals surface area (Å²) in [5, 5.41) is 18.5. The largest absolute Gasteiger partial charge is 0.394 e. The third-order valence-electron chi connectivity index (χ3n) is 2.57. The van der Waals surface area contributed by atoms with E-state index in [2.05, 4.69) is 0 Å². The van der Waals surface area contributed by atoms with Crippen molar-refractivity contribution in [3.63, 3.8) is 0 Å². The Hall–Kier alpha value is -1.51. The van der Waals surface area contributed by atoms with Gasteiger partial charge in [-0.3, -0.25) is 14.3 Å². The van der Waals surface area contributed by atoms with Gasteiger partial charge in [-0.2, -0.15) is 4.39 Å². The summed E-state index contributed by atoms with van der Waals surface area (Å²) in [4.78, 5) is 24.0. The molecule has 2 rings (SSSR count). The predicted octanol–water partition coefficient (Wildman–Crippen LogP) is -1.68. The maximum absolute atomic E-state index is 13.0. The Labute approximate surface area is 94.1 Å². The Morgan fingerprint density at radius 1 is 1.59 bits per heavy atom. The van der Waals surface area contributed by atoms with E-state index in [1.54, 1.807) is 4.98 Å². The third kappa shape index (κ3) is 2.14. The zero-order chi connectivity index (χ0) is 12.6. The lowest BCUT2D eigenvalue weighted by Crippen LogP contribution is -2.36. The number of nitrogens with one attached hydrogen (secondary N) is 1. The second-order valence-electron chi connectivity index (χ2n) is 3.78. The summed E-state index contributed by atoms with van der Waals surface area (Å²) >= 11 is 0. The Morgan fingerprint density at radius 3 is 2.88 bits per heavy atom. The van der Waals surface area contributed by atoms with Gasteiger partial charge < -0.3 is 14.9 Å². The molecule has 0 aliphatic carbocycles. The normalized spacial score (nSPS) is 28.5. The summed E-state index contributed by atoms with van der Waals surface area (Å²) in [6, 6.07) is 0. The SMILES string of the molecule is O=c1[nH]c(=O)n(C2OC(CO)CC2O)cc1F. The lowest BCUT2D eigenvalue weighted by molar-refractivity contribution is -0.0535. The summed E-state index contributed by atoms with van der Waals surface area (Å²) in [5.74, 6) is -1.15. The summed E-state index contributed by atoms with van der Waals surface area (Å²) in [7, 11) is 0. The molecule has 3 unspecified atom stereocenters. The number of nitrogens with zero attached hydrogens (tertiary/aromatic N) is 1. The molecule has 2 heterocycles. The Balaban J connectivity index is 2.38. The molecule has 1 aliphatic rings. The maximum atomic E-state index is 13.0. The highest BCUT2D eigenvalue weighted by atomic mass is 19.1. The van der Waals surface area contributed by atoms with Gasteiger partial charge in [0.2, 0.25) is 5.82 Å². The fourth-order valence-corrected chi connectivity index (χ4v) is 1.75. The van der Waals surface area contributed by atoms with E-state index in [0.717, 1.165) is 4.57 Å². The zero-order valence-electron chi connectivity index (χ0n) is 8.67. The molecule has 0 saturated carbocycles. The summed E-state index contributed by atoms with van der Waals surface area (Å²) in [5.41, 5.74) is -2.00. The predicted molar refractivity (Wildman–Crippen MR) is 52.9 cm³/mol. The van der Waals surface area contributed by atoms with Crippen molar-refractivity contribution in [1.82, 2.24) is 9.55 Å². The second-order valence-corrected chi connectivity index (χ2v) is 3.78. The lowest BCUT2D eigenvalue weighted by atomic mass is 10.2. The molecule has 3 atom stereocenters. The fraction of sp³-hybridized carbons (Fsp3) is 0.556. The fourth-order valence-electron chi connectivity index (χ4n) is 1.75. The number of H-pyrrole nitrogens is 1. The van der Waals surface area contributed by atoms with Gasteiger partial charge in [0.25, 0.3) is 5.56 Å². The van der Waals surface area contributed by atoms with Gasteiger partial charge in [-0.15, -0.1) is 0 Å². The minimum Gasteiger partial charge on any atom is -0.394 e. The highest BCUT2D eigenvalue weighted by Gasteiger charge is 2.35. The number of aromatic amines is 1. The van der Waals surface area contributed by atoms with Gasteiger partial charge in [0.1, 0.15) is 6.10 Å². The van der Waals surface area contributed by atoms with E-state index < -0.39 is 35.5 Å². The van der Waals surface area contributed by atoms with E-state index in [9.17, 15) is 19.1 Å². The molecular formula is C9H11FN2O5. The standard InChI is InChI=1S/C9H11FN2O5/c10-5-2-12(9(16)11-7(5)15)8-6(14)1-4(3-13)17-8/h2,4,6,8,13-14H,1,3H2,(H,11,15,16). The molecule has 1 aromatic heterocycles. The number of aliphatic hydroxyl groups is 2. The number of aliphatic hydroxyl groups excluding tert-OH is 2. The molecule has 3 N–H and O–H groups in total. The van der Waals surface area contributed by atoms with Gasteiger partial charge >= 0.3 is 5.69 Å². The molecule has 7 nitrogen and oxygen atoms in total. The second kappa shape index (κ2) is 4.40. The van der Waals surface area contributed by atoms with Crippen molar-refractivity contribution in [1.29, 1.82) is 0 Å². The van der Waals surface area contributed by atoms with Crippen molar-refractivity contribution in [3.8, 4) is 0 Å². The average Bonchev–Trinajstić information content (AvgIpc) is 2.65. The van der Waals surface area contributed by atoms with Crippen LogP contribution < -0.4 is 11.2 Å². The maximum Gasteiger partial charge on any atom is 0.330 e. The molecule has 0 radical (unpaired) electrons. The molecule has 0 bridgehead atoms. The first-order valence-corrected chi connectivity index (χ1v) is 4.98. The van der Waals surface area contributed by atoms with Crippen LogP contribution in [0.25, 0.3) is 0 Å². The summed E-state index contributed by atoms with van der Waals surface area (Å²) < 4.78 is 18.9. The van der Waals surface area contributed by atoms with Crippen LogP contribution in [0.3, 0.4) is 0 Å². The summed E-state index contributed by atoms with van der Waals surface area (Å²) in [6.45, 7) is -0.311. The zero-order valence-corrected chi connectivity index (χ0v) is 8.67. The van der Waals surface area contributed by atoms with Crippen LogP contribution in [0.2, 0.25) is 0 Å². The van der Waals surface area contributed by atoms with Crippen LogP contribution >= 0.6 is 0 Å². The van der Waals surface area contributed by atoms with Crippen LogP contribution in [0.1, 0.15) is 12.6 Å². The molecule has 0 amide bonds. The van der Waals surface area contributed by atoms with Gasteiger partial charge in [0.05, 0.1) is 18.9 Å². The van der Waals surface area contributed by atoms with Crippen LogP contribution in [0.15, 0.2) is 15.8 Å². The quantitative estimate of drug-likeness (QED) is 0.578.